The lowest BCUT2D eigenvalue weighted by molar-refractivity contribution is -0.284. The molecule has 5 atom stereocenters. The Morgan fingerprint density at radius 3 is 2.11 bits per heavy atom. The van der Waals surface area contributed by atoms with Crippen molar-refractivity contribution in [2.24, 2.45) is 11.3 Å². The Morgan fingerprint density at radius 2 is 1.48 bits per heavy atom. The van der Waals surface area contributed by atoms with Crippen LogP contribution < -0.4 is 4.74 Å². The first-order valence-corrected chi connectivity index (χ1v) is 18.4. The van der Waals surface area contributed by atoms with Gasteiger partial charge in [0.15, 0.2) is 0 Å². The van der Waals surface area contributed by atoms with Crippen LogP contribution in [0.2, 0.25) is 0 Å². The van der Waals surface area contributed by atoms with Gasteiger partial charge in [-0.1, -0.05) is 46.9 Å². The molecule has 0 bridgehead atoms. The number of phenolic OH excluding ortho intramolecular Hbond substituents is 1. The molecule has 2 aromatic carbocycles. The van der Waals surface area contributed by atoms with Crippen LogP contribution in [-0.2, 0) is 9.84 Å². The van der Waals surface area contributed by atoms with E-state index in [1.807, 2.05) is 24.3 Å². The van der Waals surface area contributed by atoms with Gasteiger partial charge < -0.3 is 14.9 Å². The van der Waals surface area contributed by atoms with E-state index in [4.69, 9.17) is 4.74 Å². The molecule has 2 saturated carbocycles. The molecule has 44 heavy (non-hydrogen) atoms. The fourth-order valence-electron chi connectivity index (χ4n) is 6.94. The lowest BCUT2D eigenvalue weighted by Gasteiger charge is -2.48. The summed E-state index contributed by atoms with van der Waals surface area (Å²) in [6.45, 7) is 0.350. The largest absolute Gasteiger partial charge is 0.508 e. The topological polar surface area (TPSA) is 83.8 Å². The summed E-state index contributed by atoms with van der Waals surface area (Å²) >= 11 is 2.42. The van der Waals surface area contributed by atoms with Gasteiger partial charge in [0, 0.05) is 16.3 Å². The van der Waals surface area contributed by atoms with Crippen molar-refractivity contribution in [2.45, 2.75) is 87.8 Å². The van der Waals surface area contributed by atoms with Gasteiger partial charge in [-0.3, -0.25) is 0 Å². The summed E-state index contributed by atoms with van der Waals surface area (Å²) in [6.07, 6.45) is -3.24. The zero-order chi connectivity index (χ0) is 32.2. The first kappa shape index (κ1) is 35.2. The van der Waals surface area contributed by atoms with Crippen molar-refractivity contribution in [3.05, 3.63) is 59.7 Å². The summed E-state index contributed by atoms with van der Waals surface area (Å²) in [6, 6.07) is 15.4. The zero-order valence-corrected chi connectivity index (χ0v) is 27.4. The summed E-state index contributed by atoms with van der Waals surface area (Å²) < 4.78 is 93.6. The molecule has 5 nitrogen and oxygen atoms in total. The second kappa shape index (κ2) is 14.4. The number of ether oxygens (including phenoxy) is 1. The van der Waals surface area contributed by atoms with Gasteiger partial charge >= 0.3 is 12.1 Å². The number of aromatic hydroxyl groups is 1. The smallest absolute Gasteiger partial charge is 0.453 e. The number of aliphatic hydroxyl groups is 1. The molecule has 0 unspecified atom stereocenters. The van der Waals surface area contributed by atoms with Crippen LogP contribution in [0.25, 0.3) is 0 Å². The van der Waals surface area contributed by atoms with Crippen molar-refractivity contribution in [1.29, 1.82) is 0 Å². The fourth-order valence-corrected chi connectivity index (χ4v) is 9.81. The molecule has 4 rings (SSSR count). The minimum atomic E-state index is -5.68. The molecule has 2 fully saturated rings. The number of alkyl halides is 6. The third-order valence-electron chi connectivity index (χ3n) is 9.50. The second-order valence-corrected chi connectivity index (χ2v) is 15.4. The lowest BCUT2D eigenvalue weighted by Crippen LogP contribution is -2.44. The lowest BCUT2D eigenvalue weighted by atomic mass is 9.58. The Hall–Kier alpha value is -1.67. The number of benzene rings is 2. The highest BCUT2D eigenvalue weighted by Crippen LogP contribution is 2.61. The number of halogens is 6. The van der Waals surface area contributed by atoms with Gasteiger partial charge in [-0.05, 0) is 105 Å². The van der Waals surface area contributed by atoms with E-state index < -0.39 is 40.5 Å². The highest BCUT2D eigenvalue weighted by molar-refractivity contribution is 14.1. The van der Waals surface area contributed by atoms with Gasteiger partial charge in [0.2, 0.25) is 0 Å². The van der Waals surface area contributed by atoms with E-state index in [1.165, 1.54) is 5.56 Å². The monoisotopic (exact) mass is 758 g/mol. The average molecular weight is 759 g/mol. The molecule has 0 amide bonds. The second-order valence-electron chi connectivity index (χ2n) is 12.3. The number of aliphatic hydroxyl groups excluding tert-OH is 1. The van der Waals surface area contributed by atoms with Crippen LogP contribution >= 0.6 is 22.6 Å². The molecular weight excluding hydrogens is 718 g/mol. The van der Waals surface area contributed by atoms with Crippen molar-refractivity contribution in [3.8, 4) is 11.5 Å². The van der Waals surface area contributed by atoms with Gasteiger partial charge in [0.05, 0.1) is 24.2 Å². The Labute approximate surface area is 269 Å². The summed E-state index contributed by atoms with van der Waals surface area (Å²) in [5.41, 5.74) is 2.23. The maximum absolute atomic E-state index is 13.0. The quantitative estimate of drug-likeness (QED) is 0.0880. The normalized spacial score (nSPS) is 26.0. The van der Waals surface area contributed by atoms with Crippen LogP contribution in [0.3, 0.4) is 0 Å². The molecule has 0 aromatic heterocycles. The number of unbranched alkanes of at least 4 members (excludes halogenated alkanes) is 2. The zero-order valence-electron chi connectivity index (χ0n) is 24.4. The van der Waals surface area contributed by atoms with Crippen LogP contribution in [0.4, 0.5) is 22.0 Å². The van der Waals surface area contributed by atoms with Crippen molar-refractivity contribution in [3.63, 3.8) is 0 Å². The minimum Gasteiger partial charge on any atom is -0.508 e. The van der Waals surface area contributed by atoms with E-state index in [1.54, 1.807) is 12.1 Å². The van der Waals surface area contributed by atoms with Gasteiger partial charge in [-0.25, -0.2) is 8.42 Å². The first-order valence-electron chi connectivity index (χ1n) is 15.1. The van der Waals surface area contributed by atoms with Crippen LogP contribution in [0, 0.1) is 11.3 Å². The maximum atomic E-state index is 13.0. The molecular formula is C32H40F5IO5S. The highest BCUT2D eigenvalue weighted by Gasteiger charge is 2.57. The Kier molecular flexibility index (Phi) is 11.5. The van der Waals surface area contributed by atoms with Gasteiger partial charge in [0.1, 0.15) is 21.3 Å². The molecule has 2 aliphatic carbocycles. The van der Waals surface area contributed by atoms with E-state index in [9.17, 15) is 40.6 Å². The predicted octanol–water partition coefficient (Wildman–Crippen LogP) is 8.19. The van der Waals surface area contributed by atoms with Crippen molar-refractivity contribution < 1.29 is 45.3 Å². The summed E-state index contributed by atoms with van der Waals surface area (Å²) in [4.78, 5) is 0. The Balaban J connectivity index is 1.27. The Morgan fingerprint density at radius 1 is 0.864 bits per heavy atom. The van der Waals surface area contributed by atoms with Gasteiger partial charge in [0.25, 0.3) is 0 Å². The number of hydrogen-bond donors (Lipinski definition) is 2. The van der Waals surface area contributed by atoms with Crippen LogP contribution in [0.5, 0.6) is 11.5 Å². The summed E-state index contributed by atoms with van der Waals surface area (Å²) in [5.74, 6) is -4.06. The van der Waals surface area contributed by atoms with E-state index in [-0.39, 0.29) is 41.3 Å². The number of fused-ring (bicyclic) bond motifs is 1. The molecule has 2 N–H and O–H groups in total. The highest BCUT2D eigenvalue weighted by atomic mass is 127. The van der Waals surface area contributed by atoms with Gasteiger partial charge in [-0.15, -0.1) is 0 Å². The summed E-state index contributed by atoms with van der Waals surface area (Å²) in [5, 5.41) is 20.9. The van der Waals surface area contributed by atoms with E-state index in [0.717, 1.165) is 35.7 Å². The average Bonchev–Trinajstić information content (AvgIpc) is 3.29. The molecule has 0 aliphatic heterocycles. The van der Waals surface area contributed by atoms with E-state index in [2.05, 4.69) is 34.7 Å². The van der Waals surface area contributed by atoms with E-state index >= 15 is 0 Å². The molecule has 0 heterocycles. The number of sulfone groups is 1. The van der Waals surface area contributed by atoms with Crippen LogP contribution in [-0.4, -0.2) is 59.4 Å². The first-order chi connectivity index (χ1) is 20.7. The molecule has 2 aromatic rings. The van der Waals surface area contributed by atoms with Crippen LogP contribution in [0.1, 0.15) is 80.8 Å². The number of phenols is 1. The van der Waals surface area contributed by atoms with Crippen molar-refractivity contribution in [1.82, 2.24) is 0 Å². The number of hydrogen-bond acceptors (Lipinski definition) is 5. The third kappa shape index (κ3) is 8.37. The molecule has 246 valence electrons. The maximum Gasteiger partial charge on any atom is 0.453 e. The van der Waals surface area contributed by atoms with Crippen LogP contribution in [0.15, 0.2) is 48.5 Å². The fraction of sp³-hybridized carbons (Fsp3) is 0.625. The third-order valence-corrected chi connectivity index (χ3v) is 12.7. The summed E-state index contributed by atoms with van der Waals surface area (Å²) in [7, 11) is -3.72. The molecule has 12 heteroatoms. The Bertz CT molecular complexity index is 1320. The molecule has 0 saturated heterocycles. The molecule has 2 aliphatic rings. The predicted molar refractivity (Wildman–Crippen MR) is 168 cm³/mol. The molecule has 0 radical (unpaired) electrons. The molecule has 0 spiro atoms. The SMILES string of the molecule is O=S(=O)(CCCCCOc1ccc([C@H]2C[C@]3(CI)[C@@H](CC[C@@H]3O)C[C@H]2c2ccc(O)cc2)cc1)CCCC(F)(F)C(F)(F)F. The minimum absolute atomic E-state index is 0.116. The number of rotatable bonds is 14. The van der Waals surface area contributed by atoms with Gasteiger partial charge in [-0.2, -0.15) is 22.0 Å². The van der Waals surface area contributed by atoms with Crippen molar-refractivity contribution in [2.75, 3.05) is 22.5 Å². The standard InChI is InChI=1S/C32H40F5IO5S/c33-31(34,32(35,36)37)15-4-18-44(41,42)17-3-1-2-16-43-26-12-7-23(8-13-26)28-20-30(21-38)24(9-14-29(30)40)19-27(28)22-5-10-25(39)11-6-22/h5-8,10-13,24,27-29,39-40H,1-4,9,14-21H2/t24-,27-,28+,29-,30-/m0/s1. The van der Waals surface area contributed by atoms with Crippen molar-refractivity contribution >= 4 is 32.4 Å². The van der Waals surface area contributed by atoms with E-state index in [0.29, 0.717) is 31.1 Å².